The van der Waals surface area contributed by atoms with E-state index >= 15 is 0 Å². The van der Waals surface area contributed by atoms with Crippen molar-refractivity contribution in [3.8, 4) is 0 Å². The van der Waals surface area contributed by atoms with Crippen LogP contribution in [0.15, 0.2) is 23.0 Å². The molecular formula is C20H27N5O3. The molecule has 2 aliphatic heterocycles. The molecule has 150 valence electrons. The standard InChI is InChI=1S/C20H27N5O3/c1-13-12-21-8-10-24(13)9-7-14-3-4-15-17(11-14)23(2)20(28)25(15)16-5-6-18(26)22-19(16)27/h3-4,11,13,16,21H,5-10,12H2,1-2H3,(H,22,26,27)/t13-,16?/m1/s1. The molecule has 8 heteroatoms. The van der Waals surface area contributed by atoms with Crippen molar-refractivity contribution in [3.63, 3.8) is 0 Å². The summed E-state index contributed by atoms with van der Waals surface area (Å²) in [6, 6.07) is 5.90. The van der Waals surface area contributed by atoms with Crippen LogP contribution in [0, 0.1) is 0 Å². The minimum absolute atomic E-state index is 0.225. The average molecular weight is 385 g/mol. The van der Waals surface area contributed by atoms with E-state index in [0.29, 0.717) is 12.5 Å². The van der Waals surface area contributed by atoms with Crippen molar-refractivity contribution in [2.75, 3.05) is 26.2 Å². The number of hydrogen-bond acceptors (Lipinski definition) is 5. The average Bonchev–Trinajstić information content (AvgIpc) is 2.92. The van der Waals surface area contributed by atoms with Crippen molar-refractivity contribution in [3.05, 3.63) is 34.2 Å². The molecule has 2 aromatic rings. The Morgan fingerprint density at radius 3 is 2.75 bits per heavy atom. The third kappa shape index (κ3) is 3.38. The molecule has 3 heterocycles. The summed E-state index contributed by atoms with van der Waals surface area (Å²) < 4.78 is 3.12. The van der Waals surface area contributed by atoms with Crippen LogP contribution in [0.4, 0.5) is 0 Å². The summed E-state index contributed by atoms with van der Waals surface area (Å²) in [5.41, 5.74) is 2.51. The zero-order valence-electron chi connectivity index (χ0n) is 16.4. The number of nitrogens with zero attached hydrogens (tertiary/aromatic N) is 3. The number of carbonyl (C=O) groups is 2. The van der Waals surface area contributed by atoms with Gasteiger partial charge in [0.15, 0.2) is 0 Å². The van der Waals surface area contributed by atoms with Crippen LogP contribution < -0.4 is 16.3 Å². The lowest BCUT2D eigenvalue weighted by Gasteiger charge is -2.33. The predicted octanol–water partition coefficient (Wildman–Crippen LogP) is 0.154. The number of fused-ring (bicyclic) bond motifs is 1. The van der Waals surface area contributed by atoms with Crippen LogP contribution in [-0.2, 0) is 23.1 Å². The number of hydrogen-bond donors (Lipinski definition) is 2. The summed E-state index contributed by atoms with van der Waals surface area (Å²) in [5, 5.41) is 5.75. The van der Waals surface area contributed by atoms with Crippen LogP contribution in [0.1, 0.15) is 31.4 Å². The molecular weight excluding hydrogens is 358 g/mol. The predicted molar refractivity (Wildman–Crippen MR) is 106 cm³/mol. The number of nitrogens with one attached hydrogen (secondary N) is 2. The minimum atomic E-state index is -0.638. The Hall–Kier alpha value is -2.45. The highest BCUT2D eigenvalue weighted by Gasteiger charge is 2.31. The van der Waals surface area contributed by atoms with Gasteiger partial charge in [0.05, 0.1) is 11.0 Å². The largest absolute Gasteiger partial charge is 0.329 e. The molecule has 0 spiro atoms. The van der Waals surface area contributed by atoms with Crippen LogP contribution >= 0.6 is 0 Å². The summed E-state index contributed by atoms with van der Waals surface area (Å²) in [6.45, 7) is 6.30. The van der Waals surface area contributed by atoms with Gasteiger partial charge in [-0.2, -0.15) is 0 Å². The maximum Gasteiger partial charge on any atom is 0.329 e. The summed E-state index contributed by atoms with van der Waals surface area (Å²) in [6.07, 6.45) is 1.52. The summed E-state index contributed by atoms with van der Waals surface area (Å²) in [7, 11) is 1.73. The second-order valence-electron chi connectivity index (χ2n) is 7.84. The lowest BCUT2D eigenvalue weighted by atomic mass is 10.1. The molecule has 0 bridgehead atoms. The highest BCUT2D eigenvalue weighted by molar-refractivity contribution is 6.00. The van der Waals surface area contributed by atoms with E-state index in [9.17, 15) is 14.4 Å². The molecule has 4 rings (SSSR count). The summed E-state index contributed by atoms with van der Waals surface area (Å²) >= 11 is 0. The smallest absolute Gasteiger partial charge is 0.314 e. The van der Waals surface area contributed by atoms with Gasteiger partial charge in [-0.15, -0.1) is 0 Å². The fourth-order valence-electron chi connectivity index (χ4n) is 4.28. The van der Waals surface area contributed by atoms with Gasteiger partial charge in [0, 0.05) is 45.7 Å². The fourth-order valence-corrected chi connectivity index (χ4v) is 4.28. The first kappa shape index (κ1) is 18.9. The van der Waals surface area contributed by atoms with E-state index in [4.69, 9.17) is 0 Å². The highest BCUT2D eigenvalue weighted by Crippen LogP contribution is 2.24. The van der Waals surface area contributed by atoms with E-state index < -0.39 is 11.9 Å². The molecule has 1 aromatic heterocycles. The van der Waals surface area contributed by atoms with Gasteiger partial charge in [-0.1, -0.05) is 6.07 Å². The Bertz CT molecular complexity index is 976. The number of piperazine rings is 1. The number of carbonyl (C=O) groups excluding carboxylic acids is 2. The van der Waals surface area contributed by atoms with Crippen LogP contribution in [-0.4, -0.2) is 58.1 Å². The van der Waals surface area contributed by atoms with Crippen molar-refractivity contribution in [2.24, 2.45) is 7.05 Å². The molecule has 1 aromatic carbocycles. The molecule has 2 atom stereocenters. The van der Waals surface area contributed by atoms with Crippen LogP contribution in [0.3, 0.4) is 0 Å². The second-order valence-corrected chi connectivity index (χ2v) is 7.84. The molecule has 8 nitrogen and oxygen atoms in total. The molecule has 2 aliphatic rings. The fraction of sp³-hybridized carbons (Fsp3) is 0.550. The molecule has 0 aliphatic carbocycles. The van der Waals surface area contributed by atoms with E-state index in [1.165, 1.54) is 10.1 Å². The van der Waals surface area contributed by atoms with Crippen molar-refractivity contribution >= 4 is 22.8 Å². The maximum atomic E-state index is 12.8. The number of amides is 2. The van der Waals surface area contributed by atoms with E-state index in [1.54, 1.807) is 11.6 Å². The number of aryl methyl sites for hydroxylation is 1. The van der Waals surface area contributed by atoms with Gasteiger partial charge >= 0.3 is 5.69 Å². The van der Waals surface area contributed by atoms with E-state index in [2.05, 4.69) is 22.5 Å². The number of rotatable bonds is 4. The monoisotopic (exact) mass is 385 g/mol. The maximum absolute atomic E-state index is 12.8. The van der Waals surface area contributed by atoms with Crippen molar-refractivity contribution in [2.45, 2.75) is 38.3 Å². The minimum Gasteiger partial charge on any atom is -0.314 e. The number of aromatic nitrogens is 2. The molecule has 2 fully saturated rings. The van der Waals surface area contributed by atoms with Crippen LogP contribution in [0.5, 0.6) is 0 Å². The first-order chi connectivity index (χ1) is 13.5. The number of piperidine rings is 1. The van der Waals surface area contributed by atoms with Gasteiger partial charge in [-0.3, -0.25) is 28.9 Å². The van der Waals surface area contributed by atoms with Gasteiger partial charge in [0.1, 0.15) is 6.04 Å². The van der Waals surface area contributed by atoms with Crippen LogP contribution in [0.25, 0.3) is 11.0 Å². The third-order valence-electron chi connectivity index (χ3n) is 6.00. The Morgan fingerprint density at radius 1 is 1.18 bits per heavy atom. The van der Waals surface area contributed by atoms with E-state index in [1.807, 2.05) is 18.2 Å². The topological polar surface area (TPSA) is 88.4 Å². The number of imidazole rings is 1. The van der Waals surface area contributed by atoms with Gasteiger partial charge in [-0.25, -0.2) is 4.79 Å². The molecule has 2 amide bonds. The molecule has 0 radical (unpaired) electrons. The Balaban J connectivity index is 1.60. The Morgan fingerprint density at radius 2 is 2.00 bits per heavy atom. The zero-order chi connectivity index (χ0) is 19.8. The van der Waals surface area contributed by atoms with E-state index in [0.717, 1.165) is 43.6 Å². The number of imide groups is 1. The summed E-state index contributed by atoms with van der Waals surface area (Å²) in [4.78, 5) is 39.0. The first-order valence-corrected chi connectivity index (χ1v) is 9.94. The molecule has 1 unspecified atom stereocenters. The van der Waals surface area contributed by atoms with Gasteiger partial charge in [-0.05, 0) is 37.5 Å². The van der Waals surface area contributed by atoms with Crippen molar-refractivity contribution in [1.29, 1.82) is 0 Å². The van der Waals surface area contributed by atoms with Gasteiger partial charge in [0.2, 0.25) is 11.8 Å². The van der Waals surface area contributed by atoms with Gasteiger partial charge in [0.25, 0.3) is 0 Å². The quantitative estimate of drug-likeness (QED) is 0.732. The second kappa shape index (κ2) is 7.52. The third-order valence-corrected chi connectivity index (χ3v) is 6.00. The molecule has 2 saturated heterocycles. The molecule has 0 saturated carbocycles. The van der Waals surface area contributed by atoms with Crippen molar-refractivity contribution < 1.29 is 9.59 Å². The van der Waals surface area contributed by atoms with E-state index in [-0.39, 0.29) is 18.0 Å². The van der Waals surface area contributed by atoms with Crippen molar-refractivity contribution in [1.82, 2.24) is 24.7 Å². The summed E-state index contributed by atoms with van der Waals surface area (Å²) in [5.74, 6) is -0.679. The van der Waals surface area contributed by atoms with Crippen LogP contribution in [0.2, 0.25) is 0 Å². The lowest BCUT2D eigenvalue weighted by molar-refractivity contribution is -0.135. The SMILES string of the molecule is C[C@@H]1CNCCN1CCc1ccc2c(c1)n(C)c(=O)n2C1CCC(=O)NC1=O. The first-order valence-electron chi connectivity index (χ1n) is 9.94. The Labute approximate surface area is 163 Å². The number of benzene rings is 1. The highest BCUT2D eigenvalue weighted by atomic mass is 16.2. The zero-order valence-corrected chi connectivity index (χ0v) is 16.4. The van der Waals surface area contributed by atoms with Gasteiger partial charge < -0.3 is 5.32 Å². The normalized spacial score (nSPS) is 23.9. The molecule has 2 N–H and O–H groups in total. The molecule has 28 heavy (non-hydrogen) atoms. The lowest BCUT2D eigenvalue weighted by Crippen LogP contribution is -2.50. The Kier molecular flexibility index (Phi) is 5.07.